The number of ketones is 2. The fourth-order valence-corrected chi connectivity index (χ4v) is 2.90. The second kappa shape index (κ2) is 10.4. The van der Waals surface area contributed by atoms with Gasteiger partial charge in [0.25, 0.3) is 11.6 Å². The summed E-state index contributed by atoms with van der Waals surface area (Å²) in [6, 6.07) is 5.68. The van der Waals surface area contributed by atoms with E-state index in [1.165, 1.54) is 32.0 Å². The maximum atomic E-state index is 13.2. The number of hydrogen-bond acceptors (Lipinski definition) is 6. The second-order valence-corrected chi connectivity index (χ2v) is 6.12. The van der Waals surface area contributed by atoms with Crippen LogP contribution in [0.2, 0.25) is 0 Å². The van der Waals surface area contributed by atoms with Crippen LogP contribution in [0.15, 0.2) is 30.3 Å². The normalized spacial score (nSPS) is 14.8. The Morgan fingerprint density at radius 3 is 1.39 bits per heavy atom. The minimum Gasteiger partial charge on any atom is -0.465 e. The van der Waals surface area contributed by atoms with Crippen LogP contribution < -0.4 is 0 Å². The van der Waals surface area contributed by atoms with Gasteiger partial charge in [0.15, 0.2) is 0 Å². The summed E-state index contributed by atoms with van der Waals surface area (Å²) in [5.74, 6) is -17.6. The van der Waals surface area contributed by atoms with Crippen molar-refractivity contribution in [2.75, 3.05) is 13.2 Å². The molecule has 0 saturated heterocycles. The van der Waals surface area contributed by atoms with Gasteiger partial charge in [0.2, 0.25) is 0 Å². The molecule has 0 radical (unpaired) electrons. The maximum absolute atomic E-state index is 13.2. The third kappa shape index (κ3) is 6.53. The molecule has 0 heterocycles. The summed E-state index contributed by atoms with van der Waals surface area (Å²) >= 11 is 0. The molecule has 0 aromatic heterocycles. The van der Waals surface area contributed by atoms with E-state index < -0.39 is 72.4 Å². The molecule has 1 aromatic rings. The highest BCUT2D eigenvalue weighted by Gasteiger charge is 2.58. The van der Waals surface area contributed by atoms with Crippen LogP contribution in [-0.2, 0) is 28.7 Å². The van der Waals surface area contributed by atoms with Crippen LogP contribution in [0.1, 0.15) is 25.3 Å². The molecular formula is C19H18F6O6. The summed E-state index contributed by atoms with van der Waals surface area (Å²) in [4.78, 5) is 48.8. The van der Waals surface area contributed by atoms with Crippen LogP contribution in [0.3, 0.4) is 0 Å². The predicted octanol–water partition coefficient (Wildman–Crippen LogP) is 3.39. The first-order chi connectivity index (χ1) is 14.3. The second-order valence-electron chi connectivity index (χ2n) is 6.12. The summed E-state index contributed by atoms with van der Waals surface area (Å²) in [5.41, 5.74) is -0.464. The lowest BCUT2D eigenvalue weighted by Gasteiger charge is -2.30. The Morgan fingerprint density at radius 2 is 1.10 bits per heavy atom. The van der Waals surface area contributed by atoms with E-state index >= 15 is 0 Å². The van der Waals surface area contributed by atoms with Gasteiger partial charge in [-0.15, -0.1) is 0 Å². The van der Waals surface area contributed by atoms with Crippen molar-refractivity contribution in [2.24, 2.45) is 11.8 Å². The van der Waals surface area contributed by atoms with E-state index in [9.17, 15) is 45.5 Å². The lowest BCUT2D eigenvalue weighted by atomic mass is 9.72. The van der Waals surface area contributed by atoms with Gasteiger partial charge in [-0.2, -0.15) is 26.3 Å². The average molecular weight is 456 g/mol. The topological polar surface area (TPSA) is 86.7 Å². The predicted molar refractivity (Wildman–Crippen MR) is 91.6 cm³/mol. The van der Waals surface area contributed by atoms with Crippen molar-refractivity contribution in [3.8, 4) is 0 Å². The zero-order valence-corrected chi connectivity index (χ0v) is 16.3. The standard InChI is InChI=1S/C19H18F6O6/c1-3-30-16(28)12(14(26)18(20,21)22)11(10-8-6-5-7-9-10)13(17(29)31-4-2)15(27)19(23,24)25/h5-9,11-13H,3-4H2,1-2H3. The first-order valence-electron chi connectivity index (χ1n) is 8.87. The van der Waals surface area contributed by atoms with Crippen LogP contribution >= 0.6 is 0 Å². The summed E-state index contributed by atoms with van der Waals surface area (Å²) in [5, 5.41) is 0. The Hall–Kier alpha value is -2.92. The number of carbonyl (C=O) groups is 4. The lowest BCUT2D eigenvalue weighted by Crippen LogP contribution is -2.48. The van der Waals surface area contributed by atoms with Crippen molar-refractivity contribution in [1.82, 2.24) is 0 Å². The molecule has 31 heavy (non-hydrogen) atoms. The van der Waals surface area contributed by atoms with E-state index in [1.807, 2.05) is 0 Å². The number of ether oxygens (including phenoxy) is 2. The minimum atomic E-state index is -5.68. The van der Waals surface area contributed by atoms with E-state index in [0.29, 0.717) is 0 Å². The van der Waals surface area contributed by atoms with Gasteiger partial charge in [0.05, 0.1) is 13.2 Å². The summed E-state index contributed by atoms with van der Waals surface area (Å²) < 4.78 is 88.4. The molecule has 0 aliphatic carbocycles. The van der Waals surface area contributed by atoms with Crippen LogP contribution in [0.5, 0.6) is 0 Å². The SMILES string of the molecule is CCOC(=O)C(C(=O)C(F)(F)F)C(c1ccccc1)C(C(=O)OCC)C(=O)C(F)(F)F. The van der Waals surface area contributed by atoms with Crippen molar-refractivity contribution in [1.29, 1.82) is 0 Å². The number of rotatable bonds is 9. The van der Waals surface area contributed by atoms with Crippen LogP contribution in [0, 0.1) is 11.8 Å². The number of alkyl halides is 6. The van der Waals surface area contributed by atoms with E-state index in [2.05, 4.69) is 9.47 Å². The van der Waals surface area contributed by atoms with E-state index in [0.717, 1.165) is 12.1 Å². The van der Waals surface area contributed by atoms with Gasteiger partial charge in [-0.3, -0.25) is 19.2 Å². The van der Waals surface area contributed by atoms with Crippen molar-refractivity contribution >= 4 is 23.5 Å². The number of hydrogen-bond donors (Lipinski definition) is 0. The van der Waals surface area contributed by atoms with Gasteiger partial charge in [-0.25, -0.2) is 0 Å². The van der Waals surface area contributed by atoms with Crippen molar-refractivity contribution in [2.45, 2.75) is 32.1 Å². The highest BCUT2D eigenvalue weighted by Crippen LogP contribution is 2.41. The van der Waals surface area contributed by atoms with Gasteiger partial charge >= 0.3 is 24.3 Å². The van der Waals surface area contributed by atoms with Crippen LogP contribution in [-0.4, -0.2) is 49.1 Å². The molecule has 0 aliphatic rings. The maximum Gasteiger partial charge on any atom is 0.450 e. The highest BCUT2D eigenvalue weighted by molar-refractivity contribution is 6.07. The number of halogens is 6. The van der Waals surface area contributed by atoms with Gasteiger partial charge < -0.3 is 9.47 Å². The number of esters is 2. The third-order valence-electron chi connectivity index (χ3n) is 4.11. The number of carbonyl (C=O) groups excluding carboxylic acids is 4. The zero-order valence-electron chi connectivity index (χ0n) is 16.3. The van der Waals surface area contributed by atoms with Gasteiger partial charge in [-0.1, -0.05) is 30.3 Å². The first-order valence-corrected chi connectivity index (χ1v) is 8.87. The molecule has 172 valence electrons. The quantitative estimate of drug-likeness (QED) is 0.322. The molecular weight excluding hydrogens is 438 g/mol. The molecule has 1 aromatic carbocycles. The molecule has 2 unspecified atom stereocenters. The van der Waals surface area contributed by atoms with Crippen LogP contribution in [0.4, 0.5) is 26.3 Å². The number of benzene rings is 1. The van der Waals surface area contributed by atoms with Gasteiger partial charge in [0, 0.05) is 5.92 Å². The lowest BCUT2D eigenvalue weighted by molar-refractivity contribution is -0.188. The Labute approximate surface area is 172 Å². The highest BCUT2D eigenvalue weighted by atomic mass is 19.4. The summed E-state index contributed by atoms with van der Waals surface area (Å²) in [6.07, 6.45) is -11.4. The van der Waals surface area contributed by atoms with Gasteiger partial charge in [-0.05, 0) is 19.4 Å². The Bertz CT molecular complexity index is 754. The van der Waals surface area contributed by atoms with Crippen LogP contribution in [0.25, 0.3) is 0 Å². The molecule has 12 heteroatoms. The molecule has 0 amide bonds. The van der Waals surface area contributed by atoms with Crippen molar-refractivity contribution < 1.29 is 55.0 Å². The Kier molecular flexibility index (Phi) is 8.76. The fourth-order valence-electron chi connectivity index (χ4n) is 2.90. The Balaban J connectivity index is 3.86. The summed E-state index contributed by atoms with van der Waals surface area (Å²) in [7, 11) is 0. The van der Waals surface area contributed by atoms with Gasteiger partial charge in [0.1, 0.15) is 11.8 Å². The largest absolute Gasteiger partial charge is 0.465 e. The monoisotopic (exact) mass is 456 g/mol. The smallest absolute Gasteiger partial charge is 0.450 e. The molecule has 0 bridgehead atoms. The molecule has 2 atom stereocenters. The fraction of sp³-hybridized carbons (Fsp3) is 0.474. The average Bonchev–Trinajstić information content (AvgIpc) is 2.66. The molecule has 0 saturated carbocycles. The zero-order chi connectivity index (χ0) is 24.0. The number of Topliss-reactive ketones (excluding diaryl/α,β-unsaturated/α-hetero) is 2. The molecule has 6 nitrogen and oxygen atoms in total. The van der Waals surface area contributed by atoms with E-state index in [4.69, 9.17) is 0 Å². The van der Waals surface area contributed by atoms with E-state index in [1.54, 1.807) is 0 Å². The summed E-state index contributed by atoms with van der Waals surface area (Å²) in [6.45, 7) is 1.35. The van der Waals surface area contributed by atoms with Crippen molar-refractivity contribution in [3.05, 3.63) is 35.9 Å². The molecule has 0 spiro atoms. The molecule has 0 fully saturated rings. The van der Waals surface area contributed by atoms with Crippen molar-refractivity contribution in [3.63, 3.8) is 0 Å². The third-order valence-corrected chi connectivity index (χ3v) is 4.11. The van der Waals surface area contributed by atoms with E-state index in [-0.39, 0.29) is 0 Å². The minimum absolute atomic E-state index is 0.464. The Morgan fingerprint density at radius 1 is 0.742 bits per heavy atom. The molecule has 1 rings (SSSR count). The molecule has 0 N–H and O–H groups in total. The first kappa shape index (κ1) is 26.1. The molecule has 0 aliphatic heterocycles.